The molecule has 5 rings (SSSR count). The number of amides is 3. The van der Waals surface area contributed by atoms with Crippen molar-refractivity contribution < 1.29 is 19.1 Å². The normalized spacial score (nSPS) is 12.7. The number of ether oxygens (including phenoxy) is 1. The second-order valence-corrected chi connectivity index (χ2v) is 9.69. The van der Waals surface area contributed by atoms with Crippen molar-refractivity contribution in [2.45, 2.75) is 13.8 Å². The van der Waals surface area contributed by atoms with E-state index in [2.05, 4.69) is 15.9 Å². The third-order valence-electron chi connectivity index (χ3n) is 6.46. The monoisotopic (exact) mass is 556 g/mol. The van der Waals surface area contributed by atoms with Gasteiger partial charge >= 0.3 is 0 Å². The average molecular weight is 557 g/mol. The smallest absolute Gasteiger partial charge is 0.261 e. The van der Waals surface area contributed by atoms with Crippen LogP contribution in [0.15, 0.2) is 83.3 Å². The molecular formula is C30H25BrN2O4. The van der Waals surface area contributed by atoms with Gasteiger partial charge in [-0.2, -0.15) is 0 Å². The Morgan fingerprint density at radius 3 is 2.32 bits per heavy atom. The number of anilines is 1. The Hall–Kier alpha value is -3.97. The predicted molar refractivity (Wildman–Crippen MR) is 147 cm³/mol. The molecule has 3 amide bonds. The van der Waals surface area contributed by atoms with E-state index >= 15 is 0 Å². The molecule has 4 aromatic rings. The lowest BCUT2D eigenvalue weighted by Gasteiger charge is -2.30. The largest absolute Gasteiger partial charge is 0.494 e. The maximum Gasteiger partial charge on any atom is 0.261 e. The Morgan fingerprint density at radius 2 is 1.62 bits per heavy atom. The summed E-state index contributed by atoms with van der Waals surface area (Å²) in [6.45, 7) is 4.56. The zero-order valence-corrected chi connectivity index (χ0v) is 22.1. The Bertz CT molecular complexity index is 1510. The van der Waals surface area contributed by atoms with Crippen molar-refractivity contribution in [2.24, 2.45) is 0 Å². The zero-order chi connectivity index (χ0) is 26.1. The number of carbonyl (C=O) groups excluding carboxylic acids is 3. The lowest BCUT2D eigenvalue weighted by atomic mass is 9.94. The quantitative estimate of drug-likeness (QED) is 0.252. The van der Waals surface area contributed by atoms with E-state index in [1.807, 2.05) is 62.4 Å². The van der Waals surface area contributed by atoms with Gasteiger partial charge in [-0.15, -0.1) is 0 Å². The standard InChI is InChI=1S/C30H25BrN2O4/c1-3-37-22-12-10-21(11-13-22)32(28(34)20-7-4-6-19(2)18-20)16-17-33-29(35)24-9-5-8-23-26(31)15-14-25(27(23)24)30(33)36/h4-15,18H,3,16-17H2,1-2H3. The van der Waals surface area contributed by atoms with Gasteiger partial charge in [-0.1, -0.05) is 45.8 Å². The van der Waals surface area contributed by atoms with Crippen molar-refractivity contribution in [2.75, 3.05) is 24.6 Å². The molecule has 0 unspecified atom stereocenters. The van der Waals surface area contributed by atoms with E-state index in [9.17, 15) is 14.4 Å². The first kappa shape index (κ1) is 24.7. The zero-order valence-electron chi connectivity index (χ0n) is 20.5. The lowest BCUT2D eigenvalue weighted by Crippen LogP contribution is -2.46. The van der Waals surface area contributed by atoms with Crippen molar-refractivity contribution >= 4 is 50.1 Å². The summed E-state index contributed by atoms with van der Waals surface area (Å²) in [4.78, 5) is 43.4. The van der Waals surface area contributed by atoms with Gasteiger partial charge in [0.25, 0.3) is 17.7 Å². The molecule has 4 aromatic carbocycles. The minimum absolute atomic E-state index is 0.0499. The highest BCUT2D eigenvalue weighted by atomic mass is 79.9. The highest BCUT2D eigenvalue weighted by Crippen LogP contribution is 2.34. The second-order valence-electron chi connectivity index (χ2n) is 8.84. The highest BCUT2D eigenvalue weighted by molar-refractivity contribution is 9.10. The number of aryl methyl sites for hydroxylation is 1. The third-order valence-corrected chi connectivity index (χ3v) is 7.15. The van der Waals surface area contributed by atoms with E-state index in [1.54, 1.807) is 35.2 Å². The molecule has 186 valence electrons. The molecule has 0 spiro atoms. The first-order valence-electron chi connectivity index (χ1n) is 12.1. The molecule has 6 nitrogen and oxygen atoms in total. The Kier molecular flexibility index (Phi) is 6.80. The molecule has 1 aliphatic heterocycles. The van der Waals surface area contributed by atoms with Crippen LogP contribution in [0.5, 0.6) is 5.75 Å². The molecule has 1 aliphatic rings. The van der Waals surface area contributed by atoms with E-state index in [0.29, 0.717) is 40.1 Å². The summed E-state index contributed by atoms with van der Waals surface area (Å²) >= 11 is 3.52. The van der Waals surface area contributed by atoms with E-state index in [1.165, 1.54) is 4.90 Å². The minimum atomic E-state index is -0.365. The summed E-state index contributed by atoms with van der Waals surface area (Å²) in [5.74, 6) is -0.241. The number of hydrogen-bond donors (Lipinski definition) is 0. The molecule has 0 bridgehead atoms. The first-order valence-corrected chi connectivity index (χ1v) is 12.9. The van der Waals surface area contributed by atoms with Crippen LogP contribution in [0.25, 0.3) is 10.8 Å². The van der Waals surface area contributed by atoms with Crippen LogP contribution in [0.1, 0.15) is 43.6 Å². The number of imide groups is 1. The molecule has 0 saturated carbocycles. The second kappa shape index (κ2) is 10.2. The van der Waals surface area contributed by atoms with Crippen molar-refractivity contribution in [3.63, 3.8) is 0 Å². The fourth-order valence-electron chi connectivity index (χ4n) is 4.68. The molecule has 0 radical (unpaired) electrons. The van der Waals surface area contributed by atoms with Gasteiger partial charge in [0, 0.05) is 45.3 Å². The SMILES string of the molecule is CCOc1ccc(N(CCN2C(=O)c3cccc4c(Br)ccc(c34)C2=O)C(=O)c2cccc(C)c2)cc1. The van der Waals surface area contributed by atoms with Crippen LogP contribution < -0.4 is 9.64 Å². The minimum Gasteiger partial charge on any atom is -0.494 e. The van der Waals surface area contributed by atoms with Crippen molar-refractivity contribution in [3.8, 4) is 5.75 Å². The van der Waals surface area contributed by atoms with Crippen LogP contribution >= 0.6 is 15.9 Å². The van der Waals surface area contributed by atoms with Crippen LogP contribution in [-0.2, 0) is 0 Å². The number of nitrogens with zero attached hydrogens (tertiary/aromatic N) is 2. The van der Waals surface area contributed by atoms with Crippen LogP contribution in [0.2, 0.25) is 0 Å². The van der Waals surface area contributed by atoms with E-state index < -0.39 is 0 Å². The molecule has 37 heavy (non-hydrogen) atoms. The highest BCUT2D eigenvalue weighted by Gasteiger charge is 2.33. The summed E-state index contributed by atoms with van der Waals surface area (Å²) in [7, 11) is 0. The van der Waals surface area contributed by atoms with Crippen LogP contribution in [0.4, 0.5) is 5.69 Å². The van der Waals surface area contributed by atoms with E-state index in [-0.39, 0.29) is 30.8 Å². The molecule has 7 heteroatoms. The maximum absolute atomic E-state index is 13.6. The summed E-state index contributed by atoms with van der Waals surface area (Å²) < 4.78 is 6.38. The molecule has 0 N–H and O–H groups in total. The molecule has 0 saturated heterocycles. The van der Waals surface area contributed by atoms with E-state index in [4.69, 9.17) is 4.74 Å². The maximum atomic E-state index is 13.6. The summed E-state index contributed by atoms with van der Waals surface area (Å²) in [5.41, 5.74) is 3.11. The van der Waals surface area contributed by atoms with Gasteiger partial charge in [-0.05, 0) is 73.8 Å². The molecule has 1 heterocycles. The lowest BCUT2D eigenvalue weighted by molar-refractivity contribution is 0.0611. The fourth-order valence-corrected chi connectivity index (χ4v) is 5.15. The Morgan fingerprint density at radius 1 is 0.919 bits per heavy atom. The van der Waals surface area contributed by atoms with Gasteiger partial charge < -0.3 is 9.64 Å². The first-order chi connectivity index (χ1) is 17.9. The van der Waals surface area contributed by atoms with Gasteiger partial charge in [-0.25, -0.2) is 0 Å². The van der Waals surface area contributed by atoms with E-state index in [0.717, 1.165) is 15.4 Å². The predicted octanol–water partition coefficient (Wildman–Crippen LogP) is 6.25. The summed E-state index contributed by atoms with van der Waals surface area (Å²) in [6.07, 6.45) is 0. The third kappa shape index (κ3) is 4.62. The average Bonchev–Trinajstić information content (AvgIpc) is 2.90. The van der Waals surface area contributed by atoms with Crippen LogP contribution in [0, 0.1) is 6.92 Å². The topological polar surface area (TPSA) is 66.9 Å². The van der Waals surface area contributed by atoms with Crippen molar-refractivity contribution in [3.05, 3.63) is 106 Å². The molecule has 0 aliphatic carbocycles. The molecule has 0 aromatic heterocycles. The number of halogens is 1. The fraction of sp³-hybridized carbons (Fsp3) is 0.167. The summed E-state index contributed by atoms with van der Waals surface area (Å²) in [5, 5.41) is 1.48. The number of rotatable bonds is 7. The van der Waals surface area contributed by atoms with Crippen molar-refractivity contribution in [1.82, 2.24) is 4.90 Å². The van der Waals surface area contributed by atoms with Crippen molar-refractivity contribution in [1.29, 1.82) is 0 Å². The Labute approximate surface area is 223 Å². The van der Waals surface area contributed by atoms with Gasteiger partial charge in [0.15, 0.2) is 0 Å². The van der Waals surface area contributed by atoms with Crippen LogP contribution in [-0.4, -0.2) is 42.3 Å². The van der Waals surface area contributed by atoms with Gasteiger partial charge in [0.05, 0.1) is 6.61 Å². The van der Waals surface area contributed by atoms with Crippen LogP contribution in [0.3, 0.4) is 0 Å². The molecule has 0 fully saturated rings. The number of hydrogen-bond acceptors (Lipinski definition) is 4. The molecular weight excluding hydrogens is 532 g/mol. The van der Waals surface area contributed by atoms with Gasteiger partial charge in [0.1, 0.15) is 5.75 Å². The summed E-state index contributed by atoms with van der Waals surface area (Å²) in [6, 6.07) is 23.6. The van der Waals surface area contributed by atoms with Gasteiger partial charge in [-0.3, -0.25) is 19.3 Å². The number of carbonyl (C=O) groups is 3. The molecule has 0 atom stereocenters. The number of benzene rings is 4. The Balaban J connectivity index is 1.47. The van der Waals surface area contributed by atoms with Gasteiger partial charge in [0.2, 0.25) is 0 Å².